The fourth-order valence-corrected chi connectivity index (χ4v) is 4.49. The highest BCUT2D eigenvalue weighted by molar-refractivity contribution is 7.92. The summed E-state index contributed by atoms with van der Waals surface area (Å²) in [5.74, 6) is -0.757. The van der Waals surface area contributed by atoms with E-state index in [2.05, 4.69) is 24.4 Å². The smallest absolute Gasteiger partial charge is 0.264 e. The van der Waals surface area contributed by atoms with Gasteiger partial charge in [0.05, 0.1) is 16.8 Å². The van der Waals surface area contributed by atoms with Crippen LogP contribution in [0.5, 0.6) is 0 Å². The van der Waals surface area contributed by atoms with E-state index in [0.29, 0.717) is 11.6 Å². The van der Waals surface area contributed by atoms with Gasteiger partial charge in [0.1, 0.15) is 12.4 Å². The van der Waals surface area contributed by atoms with Gasteiger partial charge in [-0.3, -0.25) is 9.10 Å². The topological polar surface area (TPSA) is 78.8 Å². The number of halogens is 1. The number of carbonyl (C=O) groups is 1. The number of rotatable bonds is 8. The zero-order valence-corrected chi connectivity index (χ0v) is 19.5. The number of aryl methyl sites for hydroxylation is 1. The van der Waals surface area contributed by atoms with E-state index in [9.17, 15) is 17.6 Å². The fourth-order valence-electron chi connectivity index (χ4n) is 3.07. The molecular weight excluding hydrogens is 441 g/mol. The van der Waals surface area contributed by atoms with Crippen molar-refractivity contribution in [1.82, 2.24) is 5.43 Å². The minimum absolute atomic E-state index is 0.119. The van der Waals surface area contributed by atoms with Crippen molar-refractivity contribution >= 4 is 27.8 Å². The Bertz CT molecular complexity index is 1220. The first-order valence-electron chi connectivity index (χ1n) is 10.4. The second kappa shape index (κ2) is 10.4. The average Bonchev–Trinajstić information content (AvgIpc) is 2.79. The molecule has 0 aromatic heterocycles. The number of hydrogen-bond acceptors (Lipinski definition) is 4. The molecule has 33 heavy (non-hydrogen) atoms. The van der Waals surface area contributed by atoms with Gasteiger partial charge in [-0.2, -0.15) is 5.10 Å². The lowest BCUT2D eigenvalue weighted by Gasteiger charge is -2.23. The Hall–Kier alpha value is -3.52. The number of anilines is 1. The van der Waals surface area contributed by atoms with Crippen LogP contribution in [0.1, 0.15) is 36.5 Å². The second-order valence-corrected chi connectivity index (χ2v) is 9.78. The second-order valence-electron chi connectivity index (χ2n) is 7.92. The van der Waals surface area contributed by atoms with Crippen molar-refractivity contribution < 1.29 is 17.6 Å². The fraction of sp³-hybridized carbons (Fsp3) is 0.200. The Morgan fingerprint density at radius 2 is 1.61 bits per heavy atom. The molecule has 3 rings (SSSR count). The molecule has 1 amide bonds. The molecule has 3 aromatic carbocycles. The number of nitrogens with zero attached hydrogens (tertiary/aromatic N) is 2. The molecule has 0 saturated heterocycles. The van der Waals surface area contributed by atoms with Crippen LogP contribution in [0, 0.1) is 12.7 Å². The summed E-state index contributed by atoms with van der Waals surface area (Å²) in [6, 6.07) is 19.0. The number of amides is 1. The first kappa shape index (κ1) is 24.1. The summed E-state index contributed by atoms with van der Waals surface area (Å²) in [4.78, 5) is 12.4. The summed E-state index contributed by atoms with van der Waals surface area (Å²) in [6.45, 7) is 5.58. The van der Waals surface area contributed by atoms with Crippen molar-refractivity contribution in [2.45, 2.75) is 31.6 Å². The molecule has 0 radical (unpaired) electrons. The average molecular weight is 468 g/mol. The molecule has 0 aliphatic rings. The summed E-state index contributed by atoms with van der Waals surface area (Å²) in [7, 11) is -4.11. The predicted octanol–water partition coefficient (Wildman–Crippen LogP) is 4.60. The summed E-state index contributed by atoms with van der Waals surface area (Å²) in [5, 5.41) is 3.95. The first-order chi connectivity index (χ1) is 15.7. The van der Waals surface area contributed by atoms with Crippen molar-refractivity contribution in [2.24, 2.45) is 5.10 Å². The lowest BCUT2D eigenvalue weighted by atomic mass is 10.0. The van der Waals surface area contributed by atoms with Gasteiger partial charge in [0.2, 0.25) is 0 Å². The minimum atomic E-state index is -4.11. The lowest BCUT2D eigenvalue weighted by Crippen LogP contribution is -2.39. The molecule has 0 aliphatic heterocycles. The predicted molar refractivity (Wildman–Crippen MR) is 128 cm³/mol. The van der Waals surface area contributed by atoms with E-state index in [1.165, 1.54) is 23.9 Å². The molecule has 3 aromatic rings. The van der Waals surface area contributed by atoms with Crippen LogP contribution < -0.4 is 9.73 Å². The highest BCUT2D eigenvalue weighted by atomic mass is 32.2. The van der Waals surface area contributed by atoms with Gasteiger partial charge >= 0.3 is 0 Å². The molecule has 172 valence electrons. The number of sulfonamides is 1. The SMILES string of the molecule is Cc1ccc(N(CC(=O)N/N=C\c2ccc(C(C)C)cc2)S(=O)(=O)c2ccc(F)cc2)cc1. The molecule has 1 N–H and O–H groups in total. The van der Waals surface area contributed by atoms with E-state index in [4.69, 9.17) is 0 Å². The Morgan fingerprint density at radius 3 is 2.18 bits per heavy atom. The zero-order chi connectivity index (χ0) is 24.0. The van der Waals surface area contributed by atoms with Gasteiger partial charge in [0.25, 0.3) is 15.9 Å². The molecule has 8 heteroatoms. The standard InChI is InChI=1S/C25H26FN3O3S/c1-18(2)21-8-6-20(7-9-21)16-27-28-25(30)17-29(23-12-4-19(3)5-13-23)33(31,32)24-14-10-22(26)11-15-24/h4-16,18H,17H2,1-3H3,(H,28,30)/b27-16-. The molecule has 6 nitrogen and oxygen atoms in total. The number of benzene rings is 3. The zero-order valence-electron chi connectivity index (χ0n) is 18.7. The summed E-state index contributed by atoms with van der Waals surface area (Å²) >= 11 is 0. The van der Waals surface area contributed by atoms with E-state index in [-0.39, 0.29) is 4.90 Å². The molecule has 0 spiro atoms. The van der Waals surface area contributed by atoms with Crippen LogP contribution >= 0.6 is 0 Å². The number of hydrogen-bond donors (Lipinski definition) is 1. The largest absolute Gasteiger partial charge is 0.271 e. The van der Waals surface area contributed by atoms with Crippen LogP contribution in [0.3, 0.4) is 0 Å². The molecule has 0 saturated carbocycles. The van der Waals surface area contributed by atoms with E-state index < -0.39 is 28.3 Å². The van der Waals surface area contributed by atoms with Crippen LogP contribution in [0.25, 0.3) is 0 Å². The van der Waals surface area contributed by atoms with Gasteiger partial charge in [-0.05, 0) is 60.4 Å². The monoisotopic (exact) mass is 467 g/mol. The number of carbonyl (C=O) groups excluding carboxylic acids is 1. The van der Waals surface area contributed by atoms with Gasteiger partial charge in [0, 0.05) is 0 Å². The van der Waals surface area contributed by atoms with Gasteiger partial charge in [-0.25, -0.2) is 18.2 Å². The minimum Gasteiger partial charge on any atom is -0.271 e. The summed E-state index contributed by atoms with van der Waals surface area (Å²) < 4.78 is 40.7. The molecule has 0 aliphatic carbocycles. The third-order valence-electron chi connectivity index (χ3n) is 5.02. The Kier molecular flexibility index (Phi) is 7.60. The van der Waals surface area contributed by atoms with Crippen LogP contribution in [-0.4, -0.2) is 27.1 Å². The van der Waals surface area contributed by atoms with Gasteiger partial charge in [-0.15, -0.1) is 0 Å². The van der Waals surface area contributed by atoms with Crippen LogP contribution in [0.2, 0.25) is 0 Å². The Labute approximate surface area is 193 Å². The van der Waals surface area contributed by atoms with Crippen molar-refractivity contribution in [3.05, 3.63) is 95.3 Å². The third-order valence-corrected chi connectivity index (χ3v) is 6.80. The van der Waals surface area contributed by atoms with E-state index >= 15 is 0 Å². The summed E-state index contributed by atoms with van der Waals surface area (Å²) in [5.41, 5.74) is 5.62. The normalized spacial score (nSPS) is 11.7. The van der Waals surface area contributed by atoms with Crippen LogP contribution in [0.4, 0.5) is 10.1 Å². The summed E-state index contributed by atoms with van der Waals surface area (Å²) in [6.07, 6.45) is 1.49. The van der Waals surface area contributed by atoms with Crippen molar-refractivity contribution in [1.29, 1.82) is 0 Å². The molecule has 0 unspecified atom stereocenters. The first-order valence-corrected chi connectivity index (χ1v) is 11.9. The maximum atomic E-state index is 13.3. The Balaban J connectivity index is 1.79. The maximum absolute atomic E-state index is 13.3. The van der Waals surface area contributed by atoms with Crippen LogP contribution in [0.15, 0.2) is 82.8 Å². The molecular formula is C25H26FN3O3S. The molecule has 0 atom stereocenters. The lowest BCUT2D eigenvalue weighted by molar-refractivity contribution is -0.119. The molecule has 0 fully saturated rings. The van der Waals surface area contributed by atoms with Crippen molar-refractivity contribution in [3.8, 4) is 0 Å². The highest BCUT2D eigenvalue weighted by Crippen LogP contribution is 2.24. The molecule has 0 heterocycles. The third kappa shape index (κ3) is 6.26. The van der Waals surface area contributed by atoms with Crippen molar-refractivity contribution in [2.75, 3.05) is 10.8 Å². The highest BCUT2D eigenvalue weighted by Gasteiger charge is 2.27. The quantitative estimate of drug-likeness (QED) is 0.388. The van der Waals surface area contributed by atoms with E-state index in [0.717, 1.165) is 27.6 Å². The Morgan fingerprint density at radius 1 is 1.00 bits per heavy atom. The number of nitrogens with one attached hydrogen (secondary N) is 1. The van der Waals surface area contributed by atoms with E-state index in [1.807, 2.05) is 31.2 Å². The van der Waals surface area contributed by atoms with Crippen LogP contribution in [-0.2, 0) is 14.8 Å². The van der Waals surface area contributed by atoms with Crippen molar-refractivity contribution in [3.63, 3.8) is 0 Å². The van der Waals surface area contributed by atoms with Gasteiger partial charge in [0.15, 0.2) is 0 Å². The molecule has 0 bridgehead atoms. The number of hydrazone groups is 1. The van der Waals surface area contributed by atoms with Gasteiger partial charge < -0.3 is 0 Å². The van der Waals surface area contributed by atoms with E-state index in [1.54, 1.807) is 24.3 Å². The van der Waals surface area contributed by atoms with Gasteiger partial charge in [-0.1, -0.05) is 55.8 Å². The maximum Gasteiger partial charge on any atom is 0.264 e.